The Morgan fingerprint density at radius 3 is 2.55 bits per heavy atom. The molecule has 0 spiro atoms. The van der Waals surface area contributed by atoms with Crippen LogP contribution in [0.1, 0.15) is 12.0 Å². The van der Waals surface area contributed by atoms with Crippen LogP contribution in [0.4, 0.5) is 0 Å². The van der Waals surface area contributed by atoms with Gasteiger partial charge >= 0.3 is 0 Å². The number of hydrogen-bond acceptors (Lipinski definition) is 1. The fourth-order valence-corrected chi connectivity index (χ4v) is 1.00. The summed E-state index contributed by atoms with van der Waals surface area (Å²) in [6.07, 6.45) is 3.87. The third kappa shape index (κ3) is 3.19. The van der Waals surface area contributed by atoms with Crippen molar-refractivity contribution in [3.63, 3.8) is 0 Å². The topological polar surface area (TPSA) is 20.2 Å². The first kappa shape index (κ1) is 8.28. The Morgan fingerprint density at radius 2 is 1.91 bits per heavy atom. The zero-order valence-corrected chi connectivity index (χ0v) is 6.53. The summed E-state index contributed by atoms with van der Waals surface area (Å²) in [7, 11) is 0. The summed E-state index contributed by atoms with van der Waals surface area (Å²) in [4.78, 5) is 0. The van der Waals surface area contributed by atoms with E-state index in [-0.39, 0.29) is 6.61 Å². The molecule has 1 rings (SSSR count). The first-order chi connectivity index (χ1) is 5.43. The quantitative estimate of drug-likeness (QED) is 0.647. The van der Waals surface area contributed by atoms with Gasteiger partial charge in [0, 0.05) is 6.61 Å². The van der Waals surface area contributed by atoms with Crippen molar-refractivity contribution in [3.05, 3.63) is 42.3 Å². The zero-order valence-electron chi connectivity index (χ0n) is 6.53. The third-order valence-corrected chi connectivity index (χ3v) is 1.61. The molecule has 0 saturated carbocycles. The van der Waals surface area contributed by atoms with Crippen LogP contribution in [0.5, 0.6) is 0 Å². The summed E-state index contributed by atoms with van der Waals surface area (Å²) in [6.45, 7) is 0.187. The third-order valence-electron chi connectivity index (χ3n) is 1.61. The molecule has 0 aliphatic carbocycles. The maximum absolute atomic E-state index is 8.49. The number of benzene rings is 1. The van der Waals surface area contributed by atoms with E-state index >= 15 is 0 Å². The molecule has 1 heteroatoms. The van der Waals surface area contributed by atoms with Crippen LogP contribution < -0.4 is 0 Å². The van der Waals surface area contributed by atoms with E-state index in [1.807, 2.05) is 24.6 Å². The summed E-state index contributed by atoms with van der Waals surface area (Å²) >= 11 is 0. The van der Waals surface area contributed by atoms with E-state index in [2.05, 4.69) is 12.1 Å². The van der Waals surface area contributed by atoms with E-state index in [4.69, 9.17) is 5.11 Å². The van der Waals surface area contributed by atoms with Crippen LogP contribution in [0.3, 0.4) is 0 Å². The molecule has 0 unspecified atom stereocenters. The molecule has 0 fully saturated rings. The zero-order chi connectivity index (χ0) is 7.94. The molecule has 1 radical (unpaired) electrons. The second-order valence-corrected chi connectivity index (χ2v) is 2.50. The largest absolute Gasteiger partial charge is 0.396 e. The van der Waals surface area contributed by atoms with Crippen LogP contribution in [0.2, 0.25) is 0 Å². The molecule has 0 aliphatic heterocycles. The Kier molecular flexibility index (Phi) is 3.70. The highest BCUT2D eigenvalue weighted by Crippen LogP contribution is 2.02. The van der Waals surface area contributed by atoms with Crippen molar-refractivity contribution in [2.24, 2.45) is 0 Å². The van der Waals surface area contributed by atoms with Crippen LogP contribution in [0.25, 0.3) is 0 Å². The van der Waals surface area contributed by atoms with E-state index in [0.717, 1.165) is 12.8 Å². The second-order valence-electron chi connectivity index (χ2n) is 2.50. The Hall–Kier alpha value is -0.820. The minimum Gasteiger partial charge on any atom is -0.396 e. The van der Waals surface area contributed by atoms with E-state index in [1.54, 1.807) is 0 Å². The fraction of sp³-hybridized carbons (Fsp3) is 0.300. The maximum Gasteiger partial charge on any atom is 0.0462 e. The summed E-state index contributed by atoms with van der Waals surface area (Å²) in [5, 5.41) is 8.49. The van der Waals surface area contributed by atoms with Gasteiger partial charge in [-0.1, -0.05) is 30.3 Å². The SMILES string of the molecule is OC[CH]CCc1ccccc1. The lowest BCUT2D eigenvalue weighted by Crippen LogP contribution is -1.88. The molecule has 1 N–H and O–H groups in total. The standard InChI is InChI=1S/C10H13O/c11-9-5-4-8-10-6-2-1-3-7-10/h1-3,5-7,11H,4,8-9H2. The minimum absolute atomic E-state index is 0.187. The van der Waals surface area contributed by atoms with E-state index in [9.17, 15) is 0 Å². The van der Waals surface area contributed by atoms with Gasteiger partial charge in [0.1, 0.15) is 0 Å². The molecular formula is C10H13O. The van der Waals surface area contributed by atoms with Gasteiger partial charge in [0.25, 0.3) is 0 Å². The Balaban J connectivity index is 2.28. The molecule has 0 aliphatic rings. The van der Waals surface area contributed by atoms with Gasteiger partial charge in [-0.2, -0.15) is 0 Å². The molecule has 0 heterocycles. The van der Waals surface area contributed by atoms with E-state index in [1.165, 1.54) is 5.56 Å². The van der Waals surface area contributed by atoms with Crippen LogP contribution in [0.15, 0.2) is 30.3 Å². The molecule has 0 amide bonds. The summed E-state index contributed by atoms with van der Waals surface area (Å²) in [5.74, 6) is 0. The second kappa shape index (κ2) is 4.91. The number of hydrogen-bond donors (Lipinski definition) is 1. The molecule has 0 bridgehead atoms. The minimum atomic E-state index is 0.187. The van der Waals surface area contributed by atoms with Crippen molar-refractivity contribution in [1.29, 1.82) is 0 Å². The summed E-state index contributed by atoms with van der Waals surface area (Å²) in [6, 6.07) is 10.3. The maximum atomic E-state index is 8.49. The van der Waals surface area contributed by atoms with Gasteiger partial charge in [-0.3, -0.25) is 0 Å². The van der Waals surface area contributed by atoms with Gasteiger partial charge in [0.05, 0.1) is 0 Å². The number of aliphatic hydroxyl groups excluding tert-OH is 1. The predicted molar refractivity (Wildman–Crippen MR) is 46.1 cm³/mol. The lowest BCUT2D eigenvalue weighted by Gasteiger charge is -1.97. The van der Waals surface area contributed by atoms with Crippen molar-refractivity contribution >= 4 is 0 Å². The smallest absolute Gasteiger partial charge is 0.0462 e. The van der Waals surface area contributed by atoms with Gasteiger partial charge in [-0.05, 0) is 24.8 Å². The molecule has 1 aromatic rings. The van der Waals surface area contributed by atoms with Crippen molar-refractivity contribution in [2.75, 3.05) is 6.61 Å². The van der Waals surface area contributed by atoms with Crippen molar-refractivity contribution in [1.82, 2.24) is 0 Å². The first-order valence-electron chi connectivity index (χ1n) is 3.90. The lowest BCUT2D eigenvalue weighted by molar-refractivity contribution is 0.323. The number of aliphatic hydroxyl groups is 1. The van der Waals surface area contributed by atoms with Gasteiger partial charge in [-0.15, -0.1) is 0 Å². The van der Waals surface area contributed by atoms with E-state index < -0.39 is 0 Å². The van der Waals surface area contributed by atoms with Crippen molar-refractivity contribution in [2.45, 2.75) is 12.8 Å². The van der Waals surface area contributed by atoms with Crippen LogP contribution in [-0.2, 0) is 6.42 Å². The molecule has 0 atom stereocenters. The van der Waals surface area contributed by atoms with E-state index in [0.29, 0.717) is 0 Å². The average Bonchev–Trinajstić information content (AvgIpc) is 2.07. The highest BCUT2D eigenvalue weighted by Gasteiger charge is 1.90. The number of unbranched alkanes of at least 4 members (excludes halogenated alkanes) is 1. The monoisotopic (exact) mass is 149 g/mol. The highest BCUT2D eigenvalue weighted by atomic mass is 16.2. The van der Waals surface area contributed by atoms with Gasteiger partial charge in [0.15, 0.2) is 0 Å². The molecule has 11 heavy (non-hydrogen) atoms. The molecule has 1 aromatic carbocycles. The Morgan fingerprint density at radius 1 is 1.18 bits per heavy atom. The fourth-order valence-electron chi connectivity index (χ4n) is 1.00. The Labute approximate surface area is 67.7 Å². The van der Waals surface area contributed by atoms with Gasteiger partial charge < -0.3 is 5.11 Å². The van der Waals surface area contributed by atoms with Crippen molar-refractivity contribution in [3.8, 4) is 0 Å². The summed E-state index contributed by atoms with van der Waals surface area (Å²) in [5.41, 5.74) is 1.33. The summed E-state index contributed by atoms with van der Waals surface area (Å²) < 4.78 is 0. The molecule has 0 aromatic heterocycles. The van der Waals surface area contributed by atoms with Crippen LogP contribution in [0, 0.1) is 6.42 Å². The van der Waals surface area contributed by atoms with Gasteiger partial charge in [0.2, 0.25) is 0 Å². The Bertz CT molecular complexity index is 181. The average molecular weight is 149 g/mol. The normalized spacial score (nSPS) is 9.91. The van der Waals surface area contributed by atoms with Crippen LogP contribution >= 0.6 is 0 Å². The molecule has 59 valence electrons. The molecule has 1 nitrogen and oxygen atoms in total. The first-order valence-corrected chi connectivity index (χ1v) is 3.90. The number of rotatable bonds is 4. The molecular weight excluding hydrogens is 136 g/mol. The molecule has 0 saturated heterocycles. The van der Waals surface area contributed by atoms with Crippen molar-refractivity contribution < 1.29 is 5.11 Å². The lowest BCUT2D eigenvalue weighted by atomic mass is 10.1. The van der Waals surface area contributed by atoms with Gasteiger partial charge in [-0.25, -0.2) is 0 Å². The predicted octanol–water partition coefficient (Wildman–Crippen LogP) is 1.82. The highest BCUT2D eigenvalue weighted by molar-refractivity contribution is 5.14. The number of aryl methyl sites for hydroxylation is 1. The van der Waals surface area contributed by atoms with Crippen LogP contribution in [-0.4, -0.2) is 11.7 Å².